The number of hydrogen-bond acceptors (Lipinski definition) is 6. The Morgan fingerprint density at radius 3 is 2.23 bits per heavy atom. The van der Waals surface area contributed by atoms with E-state index in [9.17, 15) is 19.2 Å². The second-order valence-corrected chi connectivity index (χ2v) is 13.2. The molecule has 11 heteroatoms. The lowest BCUT2D eigenvalue weighted by Gasteiger charge is -2.41. The zero-order valence-corrected chi connectivity index (χ0v) is 27.7. The Kier molecular flexibility index (Phi) is 10.2. The van der Waals surface area contributed by atoms with Crippen LogP contribution in [0, 0.1) is 10.8 Å². The molecule has 2 heterocycles. The molecule has 2 aliphatic rings. The third-order valence-electron chi connectivity index (χ3n) is 9.46. The van der Waals surface area contributed by atoms with Gasteiger partial charge in [0.25, 0.3) is 0 Å². The third kappa shape index (κ3) is 7.79. The maximum atomic E-state index is 14.2. The number of anilines is 2. The Hall–Kier alpha value is -4.77. The molecule has 11 nitrogen and oxygen atoms in total. The first-order chi connectivity index (χ1) is 22.5. The summed E-state index contributed by atoms with van der Waals surface area (Å²) in [7, 11) is 3.48. The van der Waals surface area contributed by atoms with Crippen LogP contribution >= 0.6 is 0 Å². The van der Waals surface area contributed by atoms with Crippen molar-refractivity contribution in [1.29, 1.82) is 0 Å². The lowest BCUT2D eigenvalue weighted by molar-refractivity contribution is -0.146. The van der Waals surface area contributed by atoms with E-state index in [-0.39, 0.29) is 36.8 Å². The number of amides is 5. The van der Waals surface area contributed by atoms with Crippen molar-refractivity contribution in [1.82, 2.24) is 25.4 Å². The summed E-state index contributed by atoms with van der Waals surface area (Å²) in [5.74, 6) is 0.0121. The van der Waals surface area contributed by atoms with Crippen LogP contribution in [0.25, 0.3) is 0 Å². The number of urea groups is 1. The molecule has 3 aromatic rings. The number of nitrogens with one attached hydrogen (secondary N) is 4. The van der Waals surface area contributed by atoms with Crippen molar-refractivity contribution in [2.24, 2.45) is 10.8 Å². The minimum absolute atomic E-state index is 0.0969. The maximum absolute atomic E-state index is 14.2. The van der Waals surface area contributed by atoms with Gasteiger partial charge in [-0.3, -0.25) is 14.4 Å². The molecule has 1 aliphatic carbocycles. The molecule has 2 aromatic carbocycles. The molecular weight excluding hydrogens is 594 g/mol. The smallest absolute Gasteiger partial charge is 0.317 e. The number of carbonyl (C=O) groups excluding carboxylic acids is 4. The van der Waals surface area contributed by atoms with Crippen molar-refractivity contribution in [2.75, 3.05) is 44.4 Å². The molecule has 1 aromatic heterocycles. The lowest BCUT2D eigenvalue weighted by atomic mass is 9.79. The number of hydrogen-bond donors (Lipinski definition) is 4. The van der Waals surface area contributed by atoms with Crippen LogP contribution in [0.1, 0.15) is 48.9 Å². The average molecular weight is 640 g/mol. The van der Waals surface area contributed by atoms with Crippen molar-refractivity contribution < 1.29 is 19.2 Å². The van der Waals surface area contributed by atoms with Crippen LogP contribution in [-0.4, -0.2) is 72.3 Å². The summed E-state index contributed by atoms with van der Waals surface area (Å²) < 4.78 is 0. The molecule has 1 aliphatic heterocycles. The van der Waals surface area contributed by atoms with Crippen LogP contribution in [0.2, 0.25) is 0 Å². The molecule has 5 amide bonds. The summed E-state index contributed by atoms with van der Waals surface area (Å²) >= 11 is 0. The van der Waals surface area contributed by atoms with Crippen LogP contribution in [0.15, 0.2) is 66.9 Å². The van der Waals surface area contributed by atoms with E-state index in [4.69, 9.17) is 0 Å². The molecule has 0 bridgehead atoms. The largest absolute Gasteiger partial charge is 0.341 e. The van der Waals surface area contributed by atoms with Crippen LogP contribution in [0.5, 0.6) is 0 Å². The summed E-state index contributed by atoms with van der Waals surface area (Å²) in [4.78, 5) is 60.8. The van der Waals surface area contributed by atoms with Gasteiger partial charge in [0.15, 0.2) is 0 Å². The number of benzene rings is 2. The fourth-order valence-electron chi connectivity index (χ4n) is 6.62. The molecular formula is C36H45N7O4. The number of piperidine rings is 1. The first-order valence-electron chi connectivity index (χ1n) is 16.2. The van der Waals surface area contributed by atoms with E-state index in [0.717, 1.165) is 22.3 Å². The molecule has 0 saturated carbocycles. The highest BCUT2D eigenvalue weighted by molar-refractivity contribution is 5.97. The van der Waals surface area contributed by atoms with Gasteiger partial charge in [-0.2, -0.15) is 0 Å². The third-order valence-corrected chi connectivity index (χ3v) is 9.46. The first kappa shape index (κ1) is 33.6. The zero-order valence-electron chi connectivity index (χ0n) is 27.7. The summed E-state index contributed by atoms with van der Waals surface area (Å²) in [6.45, 7) is 5.60. The number of rotatable bonds is 10. The topological polar surface area (TPSA) is 136 Å². The molecule has 5 rings (SSSR count). The molecule has 1 atom stereocenters. The molecule has 0 unspecified atom stereocenters. The van der Waals surface area contributed by atoms with Crippen molar-refractivity contribution in [2.45, 2.75) is 52.6 Å². The van der Waals surface area contributed by atoms with E-state index in [1.54, 1.807) is 35.2 Å². The number of nitrogens with zero attached hydrogens (tertiary/aromatic N) is 3. The van der Waals surface area contributed by atoms with E-state index < -0.39 is 10.8 Å². The van der Waals surface area contributed by atoms with E-state index in [2.05, 4.69) is 26.3 Å². The standard InChI is InChI=1S/C36H45N7O4/c1-35(14-17-42(18-15-35)34(47)38-4)33(46)43(23-27-10-6-5-9-26(27)22-37-3)24-31(44)40-29-13-12-25-20-36(2,21-28(25)19-29)32(45)41-30-11-7-8-16-39-30/h5-13,16,19,37H,14-15,17-18,20-24H2,1-4H3,(H,38,47)(H,40,44)(H,39,41,45)/t36-/m1/s1. The van der Waals surface area contributed by atoms with Gasteiger partial charge >= 0.3 is 6.03 Å². The molecule has 248 valence electrons. The summed E-state index contributed by atoms with van der Waals surface area (Å²) in [5.41, 5.74) is 3.36. The SMILES string of the molecule is CNCc1ccccc1CN(CC(=O)Nc1ccc2c(c1)C[C@](C)(C(=O)Nc1ccccn1)C2)C(=O)C1(C)CCN(C(=O)NC)CC1. The van der Waals surface area contributed by atoms with Gasteiger partial charge in [0.2, 0.25) is 17.7 Å². The van der Waals surface area contributed by atoms with Gasteiger partial charge in [0.1, 0.15) is 12.4 Å². The highest BCUT2D eigenvalue weighted by atomic mass is 16.2. The minimum Gasteiger partial charge on any atom is -0.341 e. The van der Waals surface area contributed by atoms with Crippen LogP contribution in [-0.2, 0) is 40.3 Å². The van der Waals surface area contributed by atoms with Crippen LogP contribution in [0.3, 0.4) is 0 Å². The number of pyridine rings is 1. The fraction of sp³-hybridized carbons (Fsp3) is 0.417. The van der Waals surface area contributed by atoms with Crippen LogP contribution in [0.4, 0.5) is 16.3 Å². The van der Waals surface area contributed by atoms with Crippen molar-refractivity contribution in [3.05, 3.63) is 89.1 Å². The Morgan fingerprint density at radius 2 is 1.55 bits per heavy atom. The van der Waals surface area contributed by atoms with Crippen LogP contribution < -0.4 is 21.3 Å². The van der Waals surface area contributed by atoms with Gasteiger partial charge in [-0.05, 0) is 79.3 Å². The average Bonchev–Trinajstić information content (AvgIpc) is 3.42. The highest BCUT2D eigenvalue weighted by Crippen LogP contribution is 2.39. The van der Waals surface area contributed by atoms with Crippen molar-refractivity contribution >= 4 is 35.3 Å². The van der Waals surface area contributed by atoms with Gasteiger partial charge in [-0.1, -0.05) is 50.2 Å². The molecule has 47 heavy (non-hydrogen) atoms. The number of likely N-dealkylation sites (tertiary alicyclic amines) is 1. The lowest BCUT2D eigenvalue weighted by Crippen LogP contribution is -2.52. The Labute approximate surface area is 276 Å². The van der Waals surface area contributed by atoms with Gasteiger partial charge in [0.05, 0.1) is 5.41 Å². The van der Waals surface area contributed by atoms with E-state index in [1.807, 2.05) is 69.4 Å². The van der Waals surface area contributed by atoms with Gasteiger partial charge in [-0.25, -0.2) is 9.78 Å². The minimum atomic E-state index is -0.712. The Balaban J connectivity index is 1.29. The second-order valence-electron chi connectivity index (χ2n) is 13.2. The second kappa shape index (κ2) is 14.3. The normalized spacial score (nSPS) is 18.2. The highest BCUT2D eigenvalue weighted by Gasteiger charge is 2.42. The molecule has 1 fully saturated rings. The monoisotopic (exact) mass is 639 g/mol. The number of carbonyl (C=O) groups is 4. The molecule has 1 saturated heterocycles. The predicted octanol–water partition coefficient (Wildman–Crippen LogP) is 3.95. The predicted molar refractivity (Wildman–Crippen MR) is 181 cm³/mol. The summed E-state index contributed by atoms with van der Waals surface area (Å²) in [6.07, 6.45) is 3.77. The summed E-state index contributed by atoms with van der Waals surface area (Å²) in [5, 5.41) is 11.8. The van der Waals surface area contributed by atoms with E-state index >= 15 is 0 Å². The van der Waals surface area contributed by atoms with E-state index in [0.29, 0.717) is 56.8 Å². The van der Waals surface area contributed by atoms with Gasteiger partial charge in [0, 0.05) is 50.5 Å². The molecule has 0 spiro atoms. The summed E-state index contributed by atoms with van der Waals surface area (Å²) in [6, 6.07) is 18.9. The zero-order chi connectivity index (χ0) is 33.6. The Bertz CT molecular complexity index is 1620. The Morgan fingerprint density at radius 1 is 0.851 bits per heavy atom. The number of aromatic nitrogens is 1. The number of fused-ring (bicyclic) bond motifs is 1. The molecule has 0 radical (unpaired) electrons. The maximum Gasteiger partial charge on any atom is 0.317 e. The van der Waals surface area contributed by atoms with Crippen molar-refractivity contribution in [3.63, 3.8) is 0 Å². The van der Waals surface area contributed by atoms with Gasteiger partial charge in [-0.15, -0.1) is 0 Å². The first-order valence-corrected chi connectivity index (χ1v) is 16.2. The van der Waals surface area contributed by atoms with Crippen molar-refractivity contribution in [3.8, 4) is 0 Å². The quantitative estimate of drug-likeness (QED) is 0.265. The van der Waals surface area contributed by atoms with Gasteiger partial charge < -0.3 is 31.1 Å². The van der Waals surface area contributed by atoms with E-state index in [1.165, 1.54) is 0 Å². The molecule has 4 N–H and O–H groups in total. The fourth-order valence-corrected chi connectivity index (χ4v) is 6.62.